The molecule has 0 aromatic carbocycles. The molecule has 1 heterocycles. The van der Waals surface area contributed by atoms with E-state index in [1.807, 2.05) is 13.8 Å². The van der Waals surface area contributed by atoms with Crippen molar-refractivity contribution in [1.29, 1.82) is 0 Å². The summed E-state index contributed by atoms with van der Waals surface area (Å²) in [5.74, 6) is -3.71. The predicted octanol–water partition coefficient (Wildman–Crippen LogP) is 1.39. The Bertz CT molecular complexity index is 793. The number of thiophene rings is 1. The number of hydrogen-bond donors (Lipinski definition) is 2. The Kier molecular flexibility index (Phi) is 4.69. The van der Waals surface area contributed by atoms with E-state index >= 15 is 0 Å². The van der Waals surface area contributed by atoms with Crippen LogP contribution in [0.1, 0.15) is 53.9 Å². The van der Waals surface area contributed by atoms with Gasteiger partial charge in [0.25, 0.3) is 5.91 Å². The first-order valence-corrected chi connectivity index (χ1v) is 9.22. The lowest BCUT2D eigenvalue weighted by Crippen LogP contribution is -2.42. The van der Waals surface area contributed by atoms with Crippen LogP contribution in [0.5, 0.6) is 0 Å². The molecule has 2 amide bonds. The molecule has 0 saturated heterocycles. The van der Waals surface area contributed by atoms with Crippen molar-refractivity contribution in [2.24, 2.45) is 17.6 Å². The van der Waals surface area contributed by atoms with Gasteiger partial charge in [0.05, 0.1) is 11.5 Å². The molecule has 0 aliphatic heterocycles. The van der Waals surface area contributed by atoms with Gasteiger partial charge in [0, 0.05) is 16.8 Å². The molecule has 2 aliphatic carbocycles. The van der Waals surface area contributed by atoms with Gasteiger partial charge in [-0.3, -0.25) is 9.59 Å². The second-order valence-corrected chi connectivity index (χ2v) is 8.02. The summed E-state index contributed by atoms with van der Waals surface area (Å²) < 4.78 is 0. The number of fused-ring (bicyclic) bond motifs is 1. The molecule has 2 atom stereocenters. The van der Waals surface area contributed by atoms with Gasteiger partial charge in [0.15, 0.2) is 0 Å². The molecule has 6 nitrogen and oxygen atoms in total. The van der Waals surface area contributed by atoms with Crippen molar-refractivity contribution in [3.05, 3.63) is 27.2 Å². The van der Waals surface area contributed by atoms with Gasteiger partial charge in [-0.05, 0) is 51.5 Å². The number of carboxylic acids is 1. The maximum atomic E-state index is 12.8. The van der Waals surface area contributed by atoms with E-state index in [0.717, 1.165) is 40.8 Å². The molecule has 0 unspecified atom stereocenters. The highest BCUT2D eigenvalue weighted by Gasteiger charge is 2.35. The zero-order valence-corrected chi connectivity index (χ0v) is 15.1. The number of allylic oxidation sites excluding steroid dienone is 2. The van der Waals surface area contributed by atoms with Crippen molar-refractivity contribution in [1.82, 2.24) is 0 Å². The average Bonchev–Trinajstić information content (AvgIpc) is 3.09. The number of carbonyl (C=O) groups excluding carboxylic acids is 3. The maximum Gasteiger partial charge on any atom is 0.251 e. The molecule has 0 bridgehead atoms. The summed E-state index contributed by atoms with van der Waals surface area (Å²) in [6.07, 6.45) is 3.34. The number of aryl methyl sites for hydroxylation is 1. The molecular weight excluding hydrogens is 340 g/mol. The summed E-state index contributed by atoms with van der Waals surface area (Å²) in [6, 6.07) is 0. The number of carboxylic acid groups (broad SMARTS) is 1. The lowest BCUT2D eigenvalue weighted by molar-refractivity contribution is -0.313. The molecule has 134 valence electrons. The van der Waals surface area contributed by atoms with Crippen LogP contribution in [-0.2, 0) is 22.4 Å². The second-order valence-electron chi connectivity index (χ2n) is 6.92. The maximum absolute atomic E-state index is 12.8. The fourth-order valence-corrected chi connectivity index (χ4v) is 5.07. The van der Waals surface area contributed by atoms with Crippen LogP contribution in [0.3, 0.4) is 0 Å². The Balaban J connectivity index is 1.87. The van der Waals surface area contributed by atoms with E-state index in [-0.39, 0.29) is 5.91 Å². The highest BCUT2D eigenvalue weighted by Crippen LogP contribution is 2.40. The number of amides is 2. The fraction of sp³-hybridized carbons (Fsp3) is 0.500. The predicted molar refractivity (Wildman–Crippen MR) is 93.1 cm³/mol. The van der Waals surface area contributed by atoms with Crippen LogP contribution in [0, 0.1) is 11.8 Å². The van der Waals surface area contributed by atoms with Gasteiger partial charge < -0.3 is 21.0 Å². The number of nitrogens with one attached hydrogen (secondary N) is 1. The first-order valence-electron chi connectivity index (χ1n) is 8.40. The van der Waals surface area contributed by atoms with Crippen molar-refractivity contribution in [3.63, 3.8) is 0 Å². The number of hydrogen-bond acceptors (Lipinski definition) is 5. The molecule has 7 heteroatoms. The van der Waals surface area contributed by atoms with Crippen molar-refractivity contribution < 1.29 is 19.5 Å². The Hall–Kier alpha value is -2.15. The Morgan fingerprint density at radius 2 is 1.76 bits per heavy atom. The molecule has 0 radical (unpaired) electrons. The van der Waals surface area contributed by atoms with Crippen molar-refractivity contribution in [2.75, 3.05) is 5.32 Å². The van der Waals surface area contributed by atoms with Gasteiger partial charge in [-0.25, -0.2) is 0 Å². The monoisotopic (exact) mass is 361 g/mol. The molecule has 2 aliphatic rings. The summed E-state index contributed by atoms with van der Waals surface area (Å²) in [6.45, 7) is 3.80. The normalized spacial score (nSPS) is 22.6. The number of aliphatic carboxylic acids is 1. The van der Waals surface area contributed by atoms with Crippen molar-refractivity contribution in [3.8, 4) is 0 Å². The number of primary amides is 1. The standard InChI is InChI=1S/C18H22N2O4S/c1-8-6-11(12(18(23)24)7-9(8)2)16(22)20-17-14(15(19)21)10-4-3-5-13(10)25-17/h11-12H,3-7H2,1-2H3,(H2,19,21)(H,20,22)(H,23,24)/p-1/t11-,12+/m1/s1. The Labute approximate surface area is 150 Å². The second kappa shape index (κ2) is 6.63. The van der Waals surface area contributed by atoms with E-state index in [0.29, 0.717) is 23.4 Å². The Morgan fingerprint density at radius 3 is 2.36 bits per heavy atom. The minimum Gasteiger partial charge on any atom is -0.550 e. The van der Waals surface area contributed by atoms with Gasteiger partial charge in [-0.2, -0.15) is 0 Å². The summed E-state index contributed by atoms with van der Waals surface area (Å²) >= 11 is 1.37. The first-order chi connectivity index (χ1) is 11.8. The topological polar surface area (TPSA) is 112 Å². The molecule has 0 fully saturated rings. The molecule has 25 heavy (non-hydrogen) atoms. The molecular formula is C18H21N2O4S-. The molecule has 3 rings (SSSR count). The number of anilines is 1. The highest BCUT2D eigenvalue weighted by molar-refractivity contribution is 7.17. The summed E-state index contributed by atoms with van der Waals surface area (Å²) in [5.41, 5.74) is 8.84. The van der Waals surface area contributed by atoms with E-state index in [1.165, 1.54) is 11.3 Å². The quantitative estimate of drug-likeness (QED) is 0.789. The van der Waals surface area contributed by atoms with Crippen LogP contribution >= 0.6 is 11.3 Å². The molecule has 1 aromatic heterocycles. The van der Waals surface area contributed by atoms with E-state index in [4.69, 9.17) is 5.73 Å². The highest BCUT2D eigenvalue weighted by atomic mass is 32.1. The van der Waals surface area contributed by atoms with E-state index in [2.05, 4.69) is 5.32 Å². The fourth-order valence-electron chi connectivity index (χ4n) is 3.77. The summed E-state index contributed by atoms with van der Waals surface area (Å²) in [7, 11) is 0. The first kappa shape index (κ1) is 17.7. The van der Waals surface area contributed by atoms with Crippen LogP contribution in [0.15, 0.2) is 11.1 Å². The number of nitrogens with two attached hydrogens (primary N) is 1. The average molecular weight is 361 g/mol. The van der Waals surface area contributed by atoms with E-state index in [1.54, 1.807) is 0 Å². The van der Waals surface area contributed by atoms with Crippen LogP contribution in [0.4, 0.5) is 5.00 Å². The third kappa shape index (κ3) is 3.20. The van der Waals surface area contributed by atoms with Crippen LogP contribution < -0.4 is 16.2 Å². The van der Waals surface area contributed by atoms with E-state index < -0.39 is 23.7 Å². The minimum atomic E-state index is -1.21. The van der Waals surface area contributed by atoms with Gasteiger partial charge >= 0.3 is 0 Å². The summed E-state index contributed by atoms with van der Waals surface area (Å²) in [5, 5.41) is 14.7. The van der Waals surface area contributed by atoms with Crippen molar-refractivity contribution in [2.45, 2.75) is 46.0 Å². The minimum absolute atomic E-state index is 0.315. The largest absolute Gasteiger partial charge is 0.550 e. The molecule has 0 saturated carbocycles. The lowest BCUT2D eigenvalue weighted by atomic mass is 9.76. The van der Waals surface area contributed by atoms with Crippen LogP contribution in [-0.4, -0.2) is 17.8 Å². The van der Waals surface area contributed by atoms with Gasteiger partial charge in [0.2, 0.25) is 5.91 Å². The Morgan fingerprint density at radius 1 is 1.12 bits per heavy atom. The van der Waals surface area contributed by atoms with Gasteiger partial charge in [0.1, 0.15) is 5.00 Å². The van der Waals surface area contributed by atoms with Gasteiger partial charge in [-0.1, -0.05) is 11.1 Å². The molecule has 0 spiro atoms. The molecule has 3 N–H and O–H groups in total. The van der Waals surface area contributed by atoms with Crippen LogP contribution in [0.25, 0.3) is 0 Å². The number of rotatable bonds is 4. The summed E-state index contributed by atoms with van der Waals surface area (Å²) in [4.78, 5) is 37.2. The zero-order valence-electron chi connectivity index (χ0n) is 14.3. The zero-order chi connectivity index (χ0) is 18.3. The van der Waals surface area contributed by atoms with E-state index in [9.17, 15) is 19.5 Å². The molecule has 1 aromatic rings. The van der Waals surface area contributed by atoms with Crippen LogP contribution in [0.2, 0.25) is 0 Å². The third-order valence-electron chi connectivity index (χ3n) is 5.31. The smallest absolute Gasteiger partial charge is 0.251 e. The third-order valence-corrected chi connectivity index (χ3v) is 6.52. The van der Waals surface area contributed by atoms with Gasteiger partial charge in [-0.15, -0.1) is 11.3 Å². The van der Waals surface area contributed by atoms with Crippen molar-refractivity contribution >= 4 is 34.1 Å². The lowest BCUT2D eigenvalue weighted by Gasteiger charge is -2.32. The SMILES string of the molecule is CC1=C(C)C[C@@H](C(=O)Nc2sc3c(c2C(N)=O)CCC3)[C@@H](C(=O)[O-])C1. The number of carbonyl (C=O) groups is 3.